The van der Waals surface area contributed by atoms with Gasteiger partial charge in [0.05, 0.1) is 18.9 Å². The van der Waals surface area contributed by atoms with Gasteiger partial charge in [0.25, 0.3) is 0 Å². The van der Waals surface area contributed by atoms with E-state index in [0.717, 1.165) is 44.4 Å². The molecule has 0 atom stereocenters. The van der Waals surface area contributed by atoms with Crippen molar-refractivity contribution in [3.63, 3.8) is 0 Å². The smallest absolute Gasteiger partial charge is 0.105 e. The Morgan fingerprint density at radius 1 is 1.43 bits per heavy atom. The van der Waals surface area contributed by atoms with E-state index in [4.69, 9.17) is 4.74 Å². The van der Waals surface area contributed by atoms with E-state index in [0.29, 0.717) is 0 Å². The van der Waals surface area contributed by atoms with Gasteiger partial charge in [-0.05, 0) is 6.92 Å². The summed E-state index contributed by atoms with van der Waals surface area (Å²) < 4.78 is 7.36. The molecule has 0 saturated carbocycles. The lowest BCUT2D eigenvalue weighted by atomic mass is 10.3. The van der Waals surface area contributed by atoms with Gasteiger partial charge in [-0.2, -0.15) is 0 Å². The molecule has 0 radical (unpaired) electrons. The second-order valence-electron chi connectivity index (χ2n) is 3.78. The van der Waals surface area contributed by atoms with Crippen LogP contribution in [0.25, 0.3) is 0 Å². The van der Waals surface area contributed by atoms with Crippen molar-refractivity contribution in [2.75, 3.05) is 26.3 Å². The van der Waals surface area contributed by atoms with Crippen LogP contribution in [0.5, 0.6) is 0 Å². The van der Waals surface area contributed by atoms with Crippen molar-refractivity contribution >= 4 is 0 Å². The van der Waals surface area contributed by atoms with Crippen LogP contribution in [-0.2, 0) is 18.3 Å². The zero-order valence-electron chi connectivity index (χ0n) is 8.86. The molecule has 0 bridgehead atoms. The van der Waals surface area contributed by atoms with E-state index in [9.17, 15) is 0 Å². The molecule has 0 amide bonds. The fraction of sp³-hybridized carbons (Fsp3) is 0.700. The summed E-state index contributed by atoms with van der Waals surface area (Å²) in [6.07, 6.45) is 2.10. The van der Waals surface area contributed by atoms with Gasteiger partial charge in [0, 0.05) is 32.9 Å². The predicted octanol–water partition coefficient (Wildman–Crippen LogP) is 0.561. The van der Waals surface area contributed by atoms with Crippen LogP contribution in [0.2, 0.25) is 0 Å². The Bertz CT molecular complexity index is 283. The topological polar surface area (TPSA) is 30.3 Å². The molecule has 4 heteroatoms. The molecular weight excluding hydrogens is 178 g/mol. The SMILES string of the molecule is Cc1nc(CN2CCOCC2)cn1C. The Morgan fingerprint density at radius 2 is 2.14 bits per heavy atom. The lowest BCUT2D eigenvalue weighted by molar-refractivity contribution is 0.0337. The second kappa shape index (κ2) is 4.11. The summed E-state index contributed by atoms with van der Waals surface area (Å²) in [4.78, 5) is 6.87. The number of imidazole rings is 1. The summed E-state index contributed by atoms with van der Waals surface area (Å²) in [5.41, 5.74) is 1.16. The number of ether oxygens (including phenoxy) is 1. The second-order valence-corrected chi connectivity index (χ2v) is 3.78. The minimum Gasteiger partial charge on any atom is -0.379 e. The quantitative estimate of drug-likeness (QED) is 0.691. The third kappa shape index (κ3) is 2.13. The number of nitrogens with zero attached hydrogens (tertiary/aromatic N) is 3. The van der Waals surface area contributed by atoms with Crippen LogP contribution in [0.1, 0.15) is 11.5 Å². The Hall–Kier alpha value is -0.870. The largest absolute Gasteiger partial charge is 0.379 e. The standard InChI is InChI=1S/C10H17N3O/c1-9-11-10(7-12(9)2)8-13-3-5-14-6-4-13/h7H,3-6,8H2,1-2H3. The van der Waals surface area contributed by atoms with Crippen molar-refractivity contribution in [2.24, 2.45) is 7.05 Å². The molecular formula is C10H17N3O. The van der Waals surface area contributed by atoms with Crippen molar-refractivity contribution in [3.05, 3.63) is 17.7 Å². The molecule has 0 spiro atoms. The Labute approximate surface area is 84.5 Å². The molecule has 1 fully saturated rings. The Balaban J connectivity index is 1.95. The van der Waals surface area contributed by atoms with Crippen molar-refractivity contribution in [2.45, 2.75) is 13.5 Å². The van der Waals surface area contributed by atoms with Gasteiger partial charge in [0.15, 0.2) is 0 Å². The zero-order valence-corrected chi connectivity index (χ0v) is 8.86. The first kappa shape index (κ1) is 9.68. The molecule has 1 aliphatic heterocycles. The first-order chi connectivity index (χ1) is 6.75. The number of aryl methyl sites for hydroxylation is 2. The van der Waals surface area contributed by atoms with Gasteiger partial charge in [-0.1, -0.05) is 0 Å². The predicted molar refractivity (Wildman–Crippen MR) is 54.0 cm³/mol. The van der Waals surface area contributed by atoms with E-state index in [1.807, 2.05) is 14.0 Å². The van der Waals surface area contributed by atoms with E-state index < -0.39 is 0 Å². The summed E-state index contributed by atoms with van der Waals surface area (Å²) in [7, 11) is 2.03. The summed E-state index contributed by atoms with van der Waals surface area (Å²) in [6, 6.07) is 0. The summed E-state index contributed by atoms with van der Waals surface area (Å²) in [5.74, 6) is 1.08. The van der Waals surface area contributed by atoms with Gasteiger partial charge in [-0.25, -0.2) is 4.98 Å². The van der Waals surface area contributed by atoms with Crippen LogP contribution in [-0.4, -0.2) is 40.8 Å². The highest BCUT2D eigenvalue weighted by Gasteiger charge is 2.12. The van der Waals surface area contributed by atoms with Crippen molar-refractivity contribution in [1.29, 1.82) is 0 Å². The highest BCUT2D eigenvalue weighted by atomic mass is 16.5. The number of morpholine rings is 1. The van der Waals surface area contributed by atoms with Crippen molar-refractivity contribution < 1.29 is 4.74 Å². The Morgan fingerprint density at radius 3 is 2.71 bits per heavy atom. The third-order valence-electron chi connectivity index (χ3n) is 2.65. The average Bonchev–Trinajstić information content (AvgIpc) is 2.47. The van der Waals surface area contributed by atoms with E-state index in [-0.39, 0.29) is 0 Å². The zero-order chi connectivity index (χ0) is 9.97. The minimum atomic E-state index is 0.853. The van der Waals surface area contributed by atoms with Crippen LogP contribution < -0.4 is 0 Å². The lowest BCUT2D eigenvalue weighted by Crippen LogP contribution is -2.35. The van der Waals surface area contributed by atoms with Crippen LogP contribution in [0.4, 0.5) is 0 Å². The summed E-state index contributed by atoms with van der Waals surface area (Å²) >= 11 is 0. The van der Waals surface area contributed by atoms with E-state index in [1.54, 1.807) is 0 Å². The molecule has 0 unspecified atom stereocenters. The number of hydrogen-bond acceptors (Lipinski definition) is 3. The number of hydrogen-bond donors (Lipinski definition) is 0. The molecule has 0 aromatic carbocycles. The molecule has 14 heavy (non-hydrogen) atoms. The normalized spacial score (nSPS) is 18.7. The molecule has 0 N–H and O–H groups in total. The first-order valence-electron chi connectivity index (χ1n) is 5.04. The average molecular weight is 195 g/mol. The Kier molecular flexibility index (Phi) is 2.84. The molecule has 1 aliphatic rings. The van der Waals surface area contributed by atoms with Crippen LogP contribution in [0.15, 0.2) is 6.20 Å². The van der Waals surface area contributed by atoms with Gasteiger partial charge >= 0.3 is 0 Å². The van der Waals surface area contributed by atoms with Gasteiger partial charge in [-0.3, -0.25) is 4.90 Å². The maximum Gasteiger partial charge on any atom is 0.105 e. The summed E-state index contributed by atoms with van der Waals surface area (Å²) in [5, 5.41) is 0. The maximum absolute atomic E-state index is 5.30. The van der Waals surface area contributed by atoms with Crippen molar-refractivity contribution in [3.8, 4) is 0 Å². The molecule has 1 aromatic heterocycles. The number of rotatable bonds is 2. The van der Waals surface area contributed by atoms with Crippen LogP contribution in [0.3, 0.4) is 0 Å². The highest BCUT2D eigenvalue weighted by molar-refractivity contribution is 5.02. The van der Waals surface area contributed by atoms with Gasteiger partial charge in [0.1, 0.15) is 5.82 Å². The van der Waals surface area contributed by atoms with Crippen molar-refractivity contribution in [1.82, 2.24) is 14.5 Å². The fourth-order valence-corrected chi connectivity index (χ4v) is 1.70. The fourth-order valence-electron chi connectivity index (χ4n) is 1.70. The van der Waals surface area contributed by atoms with E-state index >= 15 is 0 Å². The molecule has 2 rings (SSSR count). The summed E-state index contributed by atoms with van der Waals surface area (Å²) in [6.45, 7) is 6.73. The van der Waals surface area contributed by atoms with Gasteiger partial charge in [0.2, 0.25) is 0 Å². The lowest BCUT2D eigenvalue weighted by Gasteiger charge is -2.25. The maximum atomic E-state index is 5.30. The first-order valence-corrected chi connectivity index (χ1v) is 5.04. The number of aromatic nitrogens is 2. The van der Waals surface area contributed by atoms with Crippen LogP contribution >= 0.6 is 0 Å². The molecule has 0 aliphatic carbocycles. The highest BCUT2D eigenvalue weighted by Crippen LogP contribution is 2.06. The third-order valence-corrected chi connectivity index (χ3v) is 2.65. The monoisotopic (exact) mass is 195 g/mol. The molecule has 78 valence electrons. The van der Waals surface area contributed by atoms with E-state index in [1.165, 1.54) is 0 Å². The van der Waals surface area contributed by atoms with Crippen LogP contribution in [0, 0.1) is 6.92 Å². The van der Waals surface area contributed by atoms with E-state index in [2.05, 4.69) is 20.6 Å². The van der Waals surface area contributed by atoms with Gasteiger partial charge < -0.3 is 9.30 Å². The minimum absolute atomic E-state index is 0.853. The molecule has 1 aromatic rings. The molecule has 4 nitrogen and oxygen atoms in total. The molecule has 1 saturated heterocycles. The molecule has 2 heterocycles. The van der Waals surface area contributed by atoms with Gasteiger partial charge in [-0.15, -0.1) is 0 Å².